The molecule has 0 amide bonds. The summed E-state index contributed by atoms with van der Waals surface area (Å²) in [5.41, 5.74) is 3.11. The second-order valence-corrected chi connectivity index (χ2v) is 12.1. The van der Waals surface area contributed by atoms with Crippen LogP contribution in [-0.2, 0) is 13.6 Å². The Morgan fingerprint density at radius 2 is 1.65 bits per heavy atom. The quantitative estimate of drug-likeness (QED) is 0.336. The van der Waals surface area contributed by atoms with Crippen molar-refractivity contribution in [2.45, 2.75) is 78.4 Å². The van der Waals surface area contributed by atoms with Crippen molar-refractivity contribution in [3.63, 3.8) is 0 Å². The monoisotopic (exact) mass is 486 g/mol. The zero-order chi connectivity index (χ0) is 24.9. The summed E-state index contributed by atoms with van der Waals surface area (Å²) in [5.74, 6) is 0.363. The van der Waals surface area contributed by atoms with Gasteiger partial charge in [0.1, 0.15) is 12.0 Å². The fraction of sp³-hybridized carbons (Fsp3) is 0.462. The molecule has 0 aliphatic carbocycles. The van der Waals surface area contributed by atoms with Gasteiger partial charge >= 0.3 is 7.82 Å². The van der Waals surface area contributed by atoms with Crippen molar-refractivity contribution < 1.29 is 23.2 Å². The van der Waals surface area contributed by atoms with E-state index in [1.807, 2.05) is 24.3 Å². The highest BCUT2D eigenvalue weighted by atomic mass is 31.2. The van der Waals surface area contributed by atoms with Crippen LogP contribution in [0, 0.1) is 0 Å². The highest BCUT2D eigenvalue weighted by molar-refractivity contribution is 7.49. The van der Waals surface area contributed by atoms with Crippen LogP contribution in [0.15, 0.2) is 42.5 Å². The van der Waals surface area contributed by atoms with E-state index in [1.165, 1.54) is 0 Å². The lowest BCUT2D eigenvalue weighted by atomic mass is 9.93. The molecule has 0 radical (unpaired) electrons. The molecule has 0 fully saturated rings. The molecule has 0 saturated heterocycles. The SMILES string of the molecule is CC[C@H]1NC(O)c2[nH]c3ccc(OP(=O)(OC(C)(C)C)OC(C)(C)C)cc3c2-c2ccccc21. The van der Waals surface area contributed by atoms with Gasteiger partial charge in [0, 0.05) is 22.5 Å². The van der Waals surface area contributed by atoms with Crippen molar-refractivity contribution in [3.05, 3.63) is 53.7 Å². The van der Waals surface area contributed by atoms with Gasteiger partial charge in [-0.2, -0.15) is 0 Å². The van der Waals surface area contributed by atoms with Gasteiger partial charge in [0.2, 0.25) is 0 Å². The van der Waals surface area contributed by atoms with Crippen LogP contribution in [0.2, 0.25) is 0 Å². The number of phosphoric acid groups is 1. The van der Waals surface area contributed by atoms with Gasteiger partial charge in [-0.3, -0.25) is 14.4 Å². The van der Waals surface area contributed by atoms with Crippen molar-refractivity contribution in [1.29, 1.82) is 0 Å². The minimum atomic E-state index is -3.95. The highest BCUT2D eigenvalue weighted by Crippen LogP contribution is 2.55. The lowest BCUT2D eigenvalue weighted by Crippen LogP contribution is -2.25. The van der Waals surface area contributed by atoms with Crippen LogP contribution in [0.3, 0.4) is 0 Å². The average molecular weight is 487 g/mol. The first-order valence-corrected chi connectivity index (χ1v) is 13.1. The predicted molar refractivity (Wildman–Crippen MR) is 135 cm³/mol. The zero-order valence-corrected chi connectivity index (χ0v) is 21.8. The van der Waals surface area contributed by atoms with Gasteiger partial charge in [0.15, 0.2) is 0 Å². The number of phosphoric ester groups is 1. The van der Waals surface area contributed by atoms with Crippen molar-refractivity contribution in [1.82, 2.24) is 10.3 Å². The van der Waals surface area contributed by atoms with E-state index >= 15 is 0 Å². The molecule has 2 heterocycles. The van der Waals surface area contributed by atoms with Crippen LogP contribution < -0.4 is 9.84 Å². The number of H-pyrrole nitrogens is 1. The third-order valence-electron chi connectivity index (χ3n) is 5.43. The predicted octanol–water partition coefficient (Wildman–Crippen LogP) is 7.00. The molecule has 0 saturated carbocycles. The first-order valence-electron chi connectivity index (χ1n) is 11.7. The van der Waals surface area contributed by atoms with Gasteiger partial charge < -0.3 is 14.6 Å². The second-order valence-electron chi connectivity index (χ2n) is 10.7. The molecule has 0 spiro atoms. The zero-order valence-electron chi connectivity index (χ0n) is 20.9. The van der Waals surface area contributed by atoms with Gasteiger partial charge in [-0.05, 0) is 77.3 Å². The molecule has 2 aromatic carbocycles. The Morgan fingerprint density at radius 1 is 1.00 bits per heavy atom. The van der Waals surface area contributed by atoms with Crippen LogP contribution in [0.1, 0.15) is 78.4 Å². The standard InChI is InChI=1S/C26H35N2O5P/c1-8-20-17-11-9-10-12-18(17)22-19-15-16(13-14-21(19)27-23(22)24(29)28-20)31-34(30,32-25(2,3)4)33-26(5,6)7/h9-15,20,24,27-29H,8H2,1-7H3/t20-,24?/m1/s1. The Hall–Kier alpha value is -2.15. The summed E-state index contributed by atoms with van der Waals surface area (Å²) in [6, 6.07) is 13.6. The number of rotatable bonds is 5. The molecule has 8 heteroatoms. The number of aromatic amines is 1. The molecule has 7 nitrogen and oxygen atoms in total. The number of benzene rings is 2. The van der Waals surface area contributed by atoms with E-state index < -0.39 is 25.3 Å². The van der Waals surface area contributed by atoms with Gasteiger partial charge in [0.25, 0.3) is 0 Å². The molecular formula is C26H35N2O5P. The van der Waals surface area contributed by atoms with Crippen LogP contribution in [0.4, 0.5) is 0 Å². The normalized spacial score (nSPS) is 18.9. The fourth-order valence-corrected chi connectivity index (χ4v) is 6.15. The maximum atomic E-state index is 13.6. The van der Waals surface area contributed by atoms with Gasteiger partial charge in [0.05, 0.1) is 16.9 Å². The number of fused-ring (bicyclic) bond motifs is 5. The van der Waals surface area contributed by atoms with Crippen LogP contribution >= 0.6 is 7.82 Å². The molecule has 1 aromatic heterocycles. The number of hydrogen-bond donors (Lipinski definition) is 3. The number of nitrogens with one attached hydrogen (secondary N) is 2. The van der Waals surface area contributed by atoms with Crippen LogP contribution in [-0.4, -0.2) is 21.3 Å². The highest BCUT2D eigenvalue weighted by Gasteiger charge is 2.39. The van der Waals surface area contributed by atoms with Crippen LogP contribution in [0.25, 0.3) is 22.0 Å². The topological polar surface area (TPSA) is 92.8 Å². The Balaban J connectivity index is 1.83. The largest absolute Gasteiger partial charge is 0.531 e. The Morgan fingerprint density at radius 3 is 2.26 bits per heavy atom. The molecule has 184 valence electrons. The summed E-state index contributed by atoms with van der Waals surface area (Å²) >= 11 is 0. The molecule has 1 aliphatic heterocycles. The number of aromatic nitrogens is 1. The lowest BCUT2D eigenvalue weighted by Gasteiger charge is -2.30. The van der Waals surface area contributed by atoms with E-state index in [0.29, 0.717) is 11.4 Å². The maximum absolute atomic E-state index is 13.6. The fourth-order valence-electron chi connectivity index (χ4n) is 4.33. The summed E-state index contributed by atoms with van der Waals surface area (Å²) in [6.45, 7) is 12.9. The van der Waals surface area contributed by atoms with Crippen molar-refractivity contribution in [3.8, 4) is 16.9 Å². The van der Waals surface area contributed by atoms with E-state index in [-0.39, 0.29) is 6.04 Å². The average Bonchev–Trinajstić information content (AvgIpc) is 3.02. The van der Waals surface area contributed by atoms with E-state index in [4.69, 9.17) is 13.6 Å². The minimum absolute atomic E-state index is 0.0158. The second kappa shape index (κ2) is 8.81. The van der Waals surface area contributed by atoms with E-state index in [9.17, 15) is 9.67 Å². The summed E-state index contributed by atoms with van der Waals surface area (Å²) in [5, 5.41) is 15.1. The summed E-state index contributed by atoms with van der Waals surface area (Å²) < 4.78 is 31.1. The summed E-state index contributed by atoms with van der Waals surface area (Å²) in [7, 11) is -3.95. The first-order chi connectivity index (χ1) is 15.8. The number of aliphatic hydroxyl groups excluding tert-OH is 1. The van der Waals surface area contributed by atoms with Gasteiger partial charge in [-0.15, -0.1) is 0 Å². The first kappa shape index (κ1) is 25.0. The maximum Gasteiger partial charge on any atom is 0.531 e. The molecule has 3 aromatic rings. The Kier molecular flexibility index (Phi) is 6.47. The third kappa shape index (κ3) is 5.24. The smallest absolute Gasteiger partial charge is 0.404 e. The number of aliphatic hydroxyl groups is 1. The third-order valence-corrected chi connectivity index (χ3v) is 7.41. The molecule has 1 unspecified atom stereocenters. The molecule has 1 aliphatic rings. The molecular weight excluding hydrogens is 451 g/mol. The van der Waals surface area contributed by atoms with E-state index in [1.54, 1.807) is 47.6 Å². The summed E-state index contributed by atoms with van der Waals surface area (Å²) in [6.07, 6.45) is -0.0223. The van der Waals surface area contributed by atoms with Crippen molar-refractivity contribution in [2.24, 2.45) is 0 Å². The number of hydrogen-bond acceptors (Lipinski definition) is 6. The van der Waals surface area contributed by atoms with E-state index in [0.717, 1.165) is 34.0 Å². The summed E-state index contributed by atoms with van der Waals surface area (Å²) in [4.78, 5) is 3.36. The van der Waals surface area contributed by atoms with Crippen molar-refractivity contribution in [2.75, 3.05) is 0 Å². The Labute approximate surface area is 201 Å². The molecule has 3 N–H and O–H groups in total. The molecule has 4 rings (SSSR count). The molecule has 0 bridgehead atoms. The van der Waals surface area contributed by atoms with Gasteiger partial charge in [-0.25, -0.2) is 4.57 Å². The Bertz CT molecular complexity index is 1220. The molecule has 34 heavy (non-hydrogen) atoms. The van der Waals surface area contributed by atoms with Crippen LogP contribution in [0.5, 0.6) is 5.75 Å². The molecule has 2 atom stereocenters. The van der Waals surface area contributed by atoms with Crippen molar-refractivity contribution >= 4 is 18.7 Å². The van der Waals surface area contributed by atoms with E-state index in [2.05, 4.69) is 29.4 Å². The minimum Gasteiger partial charge on any atom is -0.404 e. The van der Waals surface area contributed by atoms with Gasteiger partial charge in [-0.1, -0.05) is 31.2 Å². The lowest BCUT2D eigenvalue weighted by molar-refractivity contribution is 0.0224.